The molecule has 1 aliphatic heterocycles. The van der Waals surface area contributed by atoms with Gasteiger partial charge in [-0.3, -0.25) is 0 Å². The first kappa shape index (κ1) is 17.8. The van der Waals surface area contributed by atoms with Gasteiger partial charge in [0.05, 0.1) is 6.10 Å². The van der Waals surface area contributed by atoms with Crippen LogP contribution in [0.15, 0.2) is 23.2 Å². The molecule has 142 valence electrons. The van der Waals surface area contributed by atoms with Crippen molar-refractivity contribution in [3.8, 4) is 0 Å². The predicted octanol–water partition coefficient (Wildman–Crippen LogP) is 3.36. The number of methoxy groups -OCH3 is 1. The fraction of sp³-hybridized carbons (Fsp3) is 0.667. The van der Waals surface area contributed by atoms with E-state index >= 15 is 0 Å². The SMILES string of the molecule is CO[C@H]1CC[C@]2(CC1)Cc1ccc(CC(C)C)cc1C21N=C(N)N(C)O1. The molecule has 1 fully saturated rings. The molecule has 1 aromatic carbocycles. The molecule has 0 amide bonds. The summed E-state index contributed by atoms with van der Waals surface area (Å²) in [4.78, 5) is 11.4. The first-order valence-electron chi connectivity index (χ1n) is 9.82. The van der Waals surface area contributed by atoms with Gasteiger partial charge in [0.25, 0.3) is 0 Å². The molecule has 5 nitrogen and oxygen atoms in total. The zero-order chi connectivity index (χ0) is 18.5. The van der Waals surface area contributed by atoms with E-state index in [0.717, 1.165) is 38.5 Å². The Morgan fingerprint density at radius 3 is 2.65 bits per heavy atom. The summed E-state index contributed by atoms with van der Waals surface area (Å²) in [6.45, 7) is 4.51. The van der Waals surface area contributed by atoms with Crippen LogP contribution in [0, 0.1) is 11.3 Å². The predicted molar refractivity (Wildman–Crippen MR) is 103 cm³/mol. The van der Waals surface area contributed by atoms with E-state index in [9.17, 15) is 0 Å². The lowest BCUT2D eigenvalue weighted by atomic mass is 9.66. The fourth-order valence-corrected chi connectivity index (χ4v) is 5.18. The number of guanidine groups is 1. The zero-order valence-corrected chi connectivity index (χ0v) is 16.4. The minimum Gasteiger partial charge on any atom is -0.381 e. The Hall–Kier alpha value is -1.59. The van der Waals surface area contributed by atoms with E-state index in [1.165, 1.54) is 16.7 Å². The van der Waals surface area contributed by atoms with Gasteiger partial charge in [0, 0.05) is 25.1 Å². The normalized spacial score (nSPS) is 33.3. The second kappa shape index (κ2) is 6.24. The van der Waals surface area contributed by atoms with Crippen LogP contribution in [-0.4, -0.2) is 31.3 Å². The minimum atomic E-state index is -0.674. The minimum absolute atomic E-state index is 0.0316. The molecule has 2 spiro atoms. The van der Waals surface area contributed by atoms with E-state index in [0.29, 0.717) is 18.0 Å². The maximum Gasteiger partial charge on any atom is 0.220 e. The Labute approximate surface area is 156 Å². The first-order valence-corrected chi connectivity index (χ1v) is 9.82. The summed E-state index contributed by atoms with van der Waals surface area (Å²) in [7, 11) is 3.67. The molecule has 1 saturated carbocycles. The van der Waals surface area contributed by atoms with Gasteiger partial charge < -0.3 is 10.5 Å². The second-order valence-corrected chi connectivity index (χ2v) is 8.68. The van der Waals surface area contributed by atoms with E-state index < -0.39 is 5.72 Å². The number of hydrogen-bond acceptors (Lipinski definition) is 5. The van der Waals surface area contributed by atoms with Crippen molar-refractivity contribution in [3.63, 3.8) is 0 Å². The van der Waals surface area contributed by atoms with Gasteiger partial charge in [-0.25, -0.2) is 14.9 Å². The van der Waals surface area contributed by atoms with E-state index in [4.69, 9.17) is 20.3 Å². The number of rotatable bonds is 3. The third-order valence-corrected chi connectivity index (χ3v) is 6.52. The molecule has 1 atom stereocenters. The molecule has 0 aromatic heterocycles. The molecule has 0 radical (unpaired) electrons. The molecule has 26 heavy (non-hydrogen) atoms. The Morgan fingerprint density at radius 2 is 2.08 bits per heavy atom. The molecule has 5 heteroatoms. The Bertz CT molecular complexity index is 722. The molecule has 1 aromatic rings. The van der Waals surface area contributed by atoms with Gasteiger partial charge >= 0.3 is 0 Å². The van der Waals surface area contributed by atoms with Crippen molar-refractivity contribution in [1.29, 1.82) is 0 Å². The van der Waals surface area contributed by atoms with E-state index in [2.05, 4.69) is 32.0 Å². The van der Waals surface area contributed by atoms with Gasteiger partial charge in [-0.1, -0.05) is 32.0 Å². The molecule has 0 saturated heterocycles. The highest BCUT2D eigenvalue weighted by Crippen LogP contribution is 2.61. The van der Waals surface area contributed by atoms with Gasteiger partial charge in [0.1, 0.15) is 0 Å². The smallest absolute Gasteiger partial charge is 0.220 e. The molecule has 2 aliphatic carbocycles. The van der Waals surface area contributed by atoms with Crippen molar-refractivity contribution in [3.05, 3.63) is 34.9 Å². The molecule has 0 bridgehead atoms. The summed E-state index contributed by atoms with van der Waals surface area (Å²) >= 11 is 0. The van der Waals surface area contributed by atoms with Crippen molar-refractivity contribution < 1.29 is 9.57 Å². The number of nitrogens with two attached hydrogens (primary N) is 1. The number of nitrogens with zero attached hydrogens (tertiary/aromatic N) is 2. The number of aliphatic imine (C=N–C) groups is 1. The monoisotopic (exact) mass is 357 g/mol. The van der Waals surface area contributed by atoms with Gasteiger partial charge in [-0.05, 0) is 55.6 Å². The van der Waals surface area contributed by atoms with Crippen LogP contribution in [0.5, 0.6) is 0 Å². The Kier molecular flexibility index (Phi) is 4.27. The van der Waals surface area contributed by atoms with Crippen molar-refractivity contribution >= 4 is 5.96 Å². The number of ether oxygens (including phenoxy) is 1. The van der Waals surface area contributed by atoms with Crippen LogP contribution >= 0.6 is 0 Å². The molecule has 1 unspecified atom stereocenters. The highest BCUT2D eigenvalue weighted by molar-refractivity contribution is 5.79. The highest BCUT2D eigenvalue weighted by atomic mass is 16.7. The summed E-state index contributed by atoms with van der Waals surface area (Å²) in [6, 6.07) is 6.89. The van der Waals surface area contributed by atoms with Crippen LogP contribution in [0.4, 0.5) is 0 Å². The van der Waals surface area contributed by atoms with Crippen LogP contribution in [0.3, 0.4) is 0 Å². The number of fused-ring (bicyclic) bond motifs is 3. The molecular weight excluding hydrogens is 326 g/mol. The summed E-state index contributed by atoms with van der Waals surface area (Å²) < 4.78 is 5.62. The van der Waals surface area contributed by atoms with E-state index in [1.54, 1.807) is 5.06 Å². The van der Waals surface area contributed by atoms with E-state index in [-0.39, 0.29) is 5.41 Å². The van der Waals surface area contributed by atoms with Crippen LogP contribution in [0.25, 0.3) is 0 Å². The summed E-state index contributed by atoms with van der Waals surface area (Å²) in [5, 5.41) is 1.65. The second-order valence-electron chi connectivity index (χ2n) is 8.68. The maximum absolute atomic E-state index is 6.43. The first-order chi connectivity index (χ1) is 12.4. The van der Waals surface area contributed by atoms with Gasteiger partial charge in [-0.15, -0.1) is 0 Å². The topological polar surface area (TPSA) is 60.1 Å². The van der Waals surface area contributed by atoms with E-state index in [1.807, 2.05) is 14.2 Å². The summed E-state index contributed by atoms with van der Waals surface area (Å²) in [5.74, 6) is 1.09. The molecular formula is C21H31N3O2. The zero-order valence-electron chi connectivity index (χ0n) is 16.4. The Morgan fingerprint density at radius 1 is 1.35 bits per heavy atom. The third kappa shape index (κ3) is 2.55. The summed E-state index contributed by atoms with van der Waals surface area (Å²) in [6.07, 6.45) is 6.61. The summed E-state index contributed by atoms with van der Waals surface area (Å²) in [5.41, 5.74) is 9.41. The lowest BCUT2D eigenvalue weighted by Crippen LogP contribution is -2.46. The molecule has 4 rings (SSSR count). The lowest BCUT2D eigenvalue weighted by Gasteiger charge is -2.45. The van der Waals surface area contributed by atoms with Gasteiger partial charge in [0.2, 0.25) is 11.7 Å². The van der Waals surface area contributed by atoms with Gasteiger partial charge in [-0.2, -0.15) is 0 Å². The van der Waals surface area contributed by atoms with Crippen LogP contribution < -0.4 is 5.73 Å². The Balaban J connectivity index is 1.78. The molecule has 1 heterocycles. The quantitative estimate of drug-likeness (QED) is 0.901. The van der Waals surface area contributed by atoms with Crippen molar-refractivity contribution in [2.45, 2.75) is 64.2 Å². The molecule has 3 aliphatic rings. The van der Waals surface area contributed by atoms with Crippen molar-refractivity contribution in [2.24, 2.45) is 22.1 Å². The van der Waals surface area contributed by atoms with Crippen molar-refractivity contribution in [1.82, 2.24) is 5.06 Å². The lowest BCUT2D eigenvalue weighted by molar-refractivity contribution is -0.232. The molecule has 2 N–H and O–H groups in total. The standard InChI is InChI=1S/C21H31N3O2/c1-14(2)11-15-5-6-16-13-20(9-7-17(25-4)8-10-20)21(18(16)12-15)23-19(22)24(3)26-21/h5-6,12,14,17H,7-11,13H2,1-4H3,(H2,22,23)/t17-,20-,21?. The highest BCUT2D eigenvalue weighted by Gasteiger charge is 2.63. The largest absolute Gasteiger partial charge is 0.381 e. The van der Waals surface area contributed by atoms with Crippen LogP contribution in [0.2, 0.25) is 0 Å². The maximum atomic E-state index is 6.43. The van der Waals surface area contributed by atoms with Crippen LogP contribution in [-0.2, 0) is 28.1 Å². The van der Waals surface area contributed by atoms with Gasteiger partial charge in [0.15, 0.2) is 0 Å². The van der Waals surface area contributed by atoms with Crippen molar-refractivity contribution in [2.75, 3.05) is 14.2 Å². The average Bonchev–Trinajstić information content (AvgIpc) is 3.04. The van der Waals surface area contributed by atoms with Crippen LogP contribution in [0.1, 0.15) is 56.2 Å². The number of hydrogen-bond donors (Lipinski definition) is 1. The third-order valence-electron chi connectivity index (χ3n) is 6.52. The fourth-order valence-electron chi connectivity index (χ4n) is 5.18. The average molecular weight is 357 g/mol. The number of benzene rings is 1. The number of hydroxylamine groups is 2.